The first-order valence-corrected chi connectivity index (χ1v) is 6.33. The largest absolute Gasteiger partial charge is 0.462 e. The van der Waals surface area contributed by atoms with Gasteiger partial charge in [-0.3, -0.25) is 4.98 Å². The number of fused-ring (bicyclic) bond motifs is 1. The van der Waals surface area contributed by atoms with Crippen LogP contribution in [0.15, 0.2) is 24.4 Å². The summed E-state index contributed by atoms with van der Waals surface area (Å²) in [5, 5.41) is 0.308. The van der Waals surface area contributed by atoms with Crippen LogP contribution in [0, 0.1) is 0 Å². The van der Waals surface area contributed by atoms with Crippen molar-refractivity contribution in [2.45, 2.75) is 20.0 Å². The van der Waals surface area contributed by atoms with Crippen molar-refractivity contribution in [2.24, 2.45) is 0 Å². The Balaban J connectivity index is 2.55. The lowest BCUT2D eigenvalue weighted by Crippen LogP contribution is -2.11. The number of hydrogen-bond donors (Lipinski definition) is 1. The van der Waals surface area contributed by atoms with Gasteiger partial charge in [-0.25, -0.2) is 4.79 Å². The van der Waals surface area contributed by atoms with E-state index in [9.17, 15) is 13.6 Å². The van der Waals surface area contributed by atoms with Crippen LogP contribution in [0.2, 0.25) is 0 Å². The van der Waals surface area contributed by atoms with Crippen LogP contribution in [0.1, 0.15) is 23.7 Å². The summed E-state index contributed by atoms with van der Waals surface area (Å²) >= 11 is 0. The van der Waals surface area contributed by atoms with Gasteiger partial charge in [-0.05, 0) is 24.6 Å². The predicted octanol–water partition coefficient (Wildman–Crippen LogP) is 2.99. The molecule has 0 spiro atoms. The number of carbonyl (C=O) groups is 1. The first-order chi connectivity index (χ1) is 10.0. The van der Waals surface area contributed by atoms with Crippen molar-refractivity contribution < 1.29 is 23.0 Å². The summed E-state index contributed by atoms with van der Waals surface area (Å²) in [6.07, 6.45) is 2.09. The second kappa shape index (κ2) is 6.34. The third kappa shape index (κ3) is 3.18. The van der Waals surface area contributed by atoms with Gasteiger partial charge in [-0.15, -0.1) is 0 Å². The molecule has 0 aliphatic carbocycles. The van der Waals surface area contributed by atoms with Gasteiger partial charge in [0.15, 0.2) is 0 Å². The Morgan fingerprint density at radius 3 is 2.90 bits per heavy atom. The fourth-order valence-electron chi connectivity index (χ4n) is 1.87. The third-order valence-electron chi connectivity index (χ3n) is 2.77. The minimum absolute atomic E-state index is 0.0368. The third-order valence-corrected chi connectivity index (χ3v) is 2.77. The first-order valence-electron chi connectivity index (χ1n) is 6.33. The molecule has 0 aliphatic rings. The number of pyridine rings is 1. The number of esters is 1. The monoisotopic (exact) mass is 296 g/mol. The number of anilines is 1. The zero-order chi connectivity index (χ0) is 15.4. The summed E-state index contributed by atoms with van der Waals surface area (Å²) in [6, 6.07) is 4.26. The number of halogens is 2. The molecule has 112 valence electrons. The second-order valence-corrected chi connectivity index (χ2v) is 4.25. The topological polar surface area (TPSA) is 74.4 Å². The molecular formula is C14H14F2N2O3. The molecule has 0 fully saturated rings. The molecule has 0 saturated heterocycles. The molecule has 1 heterocycles. The Kier molecular flexibility index (Phi) is 4.52. The molecule has 2 rings (SSSR count). The fourth-order valence-corrected chi connectivity index (χ4v) is 1.87. The number of nitrogen functional groups attached to an aromatic ring is 1. The van der Waals surface area contributed by atoms with Crippen LogP contribution in [-0.4, -0.2) is 24.2 Å². The van der Waals surface area contributed by atoms with Crippen molar-refractivity contribution in [1.82, 2.24) is 4.98 Å². The van der Waals surface area contributed by atoms with Crippen LogP contribution in [0.4, 0.5) is 14.5 Å². The van der Waals surface area contributed by atoms with Gasteiger partial charge >= 0.3 is 12.6 Å². The highest BCUT2D eigenvalue weighted by Gasteiger charge is 2.19. The van der Waals surface area contributed by atoms with E-state index in [0.29, 0.717) is 11.8 Å². The molecule has 0 saturated carbocycles. The highest BCUT2D eigenvalue weighted by atomic mass is 19.3. The van der Waals surface area contributed by atoms with Crippen LogP contribution < -0.4 is 10.5 Å². The zero-order valence-corrected chi connectivity index (χ0v) is 11.3. The lowest BCUT2D eigenvalue weighted by Gasteiger charge is -2.13. The lowest BCUT2D eigenvalue weighted by atomic mass is 10.1. The predicted molar refractivity (Wildman–Crippen MR) is 73.4 cm³/mol. The molecule has 21 heavy (non-hydrogen) atoms. The highest BCUT2D eigenvalue weighted by Crippen LogP contribution is 2.33. The molecule has 7 heteroatoms. The maximum Gasteiger partial charge on any atom is 0.387 e. The molecule has 0 atom stereocenters. The van der Waals surface area contributed by atoms with Gasteiger partial charge in [-0.1, -0.05) is 6.92 Å². The average molecular weight is 296 g/mol. The average Bonchev–Trinajstić information content (AvgIpc) is 2.47. The fraction of sp³-hybridized carbons (Fsp3) is 0.286. The van der Waals surface area contributed by atoms with Crippen LogP contribution >= 0.6 is 0 Å². The minimum atomic E-state index is -3.02. The van der Waals surface area contributed by atoms with Crippen molar-refractivity contribution in [2.75, 3.05) is 12.3 Å². The Bertz CT molecular complexity index is 662. The van der Waals surface area contributed by atoms with Gasteiger partial charge in [0.25, 0.3) is 0 Å². The number of benzene rings is 1. The molecule has 0 unspecified atom stereocenters. The molecular weight excluding hydrogens is 282 g/mol. The summed E-state index contributed by atoms with van der Waals surface area (Å²) < 4.78 is 34.4. The summed E-state index contributed by atoms with van der Waals surface area (Å²) in [5.74, 6) is -0.855. The summed E-state index contributed by atoms with van der Waals surface area (Å²) in [5.41, 5.74) is 6.15. The van der Waals surface area contributed by atoms with Crippen molar-refractivity contribution in [3.05, 3.63) is 30.0 Å². The SMILES string of the molecule is CCCOC(=O)c1cc(OC(F)F)c2cccnc2c1N. The Morgan fingerprint density at radius 2 is 2.24 bits per heavy atom. The number of hydrogen-bond acceptors (Lipinski definition) is 5. The molecule has 1 aromatic heterocycles. The van der Waals surface area contributed by atoms with E-state index in [1.54, 1.807) is 6.07 Å². The zero-order valence-electron chi connectivity index (χ0n) is 11.3. The van der Waals surface area contributed by atoms with E-state index in [4.69, 9.17) is 10.5 Å². The molecule has 2 aromatic rings. The Morgan fingerprint density at radius 1 is 1.48 bits per heavy atom. The van der Waals surface area contributed by atoms with E-state index in [1.807, 2.05) is 6.92 Å². The van der Waals surface area contributed by atoms with E-state index in [2.05, 4.69) is 9.72 Å². The lowest BCUT2D eigenvalue weighted by molar-refractivity contribution is -0.0488. The van der Waals surface area contributed by atoms with Crippen molar-refractivity contribution in [1.29, 1.82) is 0 Å². The summed E-state index contributed by atoms with van der Waals surface area (Å²) in [7, 11) is 0. The standard InChI is InChI=1S/C14H14F2N2O3/c1-2-6-20-13(19)9-7-10(21-14(15)16)8-4-3-5-18-12(8)11(9)17/h3-5,7,14H,2,6,17H2,1H3. The van der Waals surface area contributed by atoms with Gasteiger partial charge in [0.05, 0.1) is 23.4 Å². The normalized spacial score (nSPS) is 10.9. The second-order valence-electron chi connectivity index (χ2n) is 4.25. The number of ether oxygens (including phenoxy) is 2. The van der Waals surface area contributed by atoms with Crippen LogP contribution in [0.25, 0.3) is 10.9 Å². The number of aromatic nitrogens is 1. The smallest absolute Gasteiger partial charge is 0.387 e. The van der Waals surface area contributed by atoms with Crippen LogP contribution in [0.5, 0.6) is 5.75 Å². The first kappa shape index (κ1) is 15.0. The van der Waals surface area contributed by atoms with E-state index in [0.717, 1.165) is 6.07 Å². The van der Waals surface area contributed by atoms with E-state index in [-0.39, 0.29) is 29.1 Å². The van der Waals surface area contributed by atoms with Gasteiger partial charge in [-0.2, -0.15) is 8.78 Å². The van der Waals surface area contributed by atoms with E-state index in [1.165, 1.54) is 12.3 Å². The van der Waals surface area contributed by atoms with Crippen LogP contribution in [-0.2, 0) is 4.74 Å². The molecule has 0 radical (unpaired) electrons. The Hall–Kier alpha value is -2.44. The summed E-state index contributed by atoms with van der Waals surface area (Å²) in [6.45, 7) is -0.968. The quantitative estimate of drug-likeness (QED) is 0.678. The number of nitrogens with zero attached hydrogens (tertiary/aromatic N) is 1. The minimum Gasteiger partial charge on any atom is -0.462 e. The number of rotatable bonds is 5. The maximum absolute atomic E-state index is 12.5. The van der Waals surface area contributed by atoms with E-state index >= 15 is 0 Å². The van der Waals surface area contributed by atoms with Crippen molar-refractivity contribution >= 4 is 22.6 Å². The molecule has 0 bridgehead atoms. The van der Waals surface area contributed by atoms with Gasteiger partial charge < -0.3 is 15.2 Å². The highest BCUT2D eigenvalue weighted by molar-refractivity contribution is 6.06. The number of nitrogens with two attached hydrogens (primary N) is 1. The van der Waals surface area contributed by atoms with Crippen molar-refractivity contribution in [3.63, 3.8) is 0 Å². The van der Waals surface area contributed by atoms with Gasteiger partial charge in [0, 0.05) is 11.6 Å². The molecule has 5 nitrogen and oxygen atoms in total. The van der Waals surface area contributed by atoms with Crippen LogP contribution in [0.3, 0.4) is 0 Å². The molecule has 1 aromatic carbocycles. The number of alkyl halides is 2. The van der Waals surface area contributed by atoms with E-state index < -0.39 is 12.6 Å². The summed E-state index contributed by atoms with van der Waals surface area (Å²) in [4.78, 5) is 15.9. The number of carbonyl (C=O) groups excluding carboxylic acids is 1. The molecule has 0 amide bonds. The Labute approximate surface area is 119 Å². The van der Waals surface area contributed by atoms with Crippen molar-refractivity contribution in [3.8, 4) is 5.75 Å². The van der Waals surface area contributed by atoms with Gasteiger partial charge in [0.2, 0.25) is 0 Å². The molecule has 0 aliphatic heterocycles. The maximum atomic E-state index is 12.5. The molecule has 2 N–H and O–H groups in total. The van der Waals surface area contributed by atoms with Gasteiger partial charge in [0.1, 0.15) is 5.75 Å².